The minimum absolute atomic E-state index is 0.0568. The van der Waals surface area contributed by atoms with Crippen LogP contribution in [0.3, 0.4) is 0 Å². The zero-order valence-corrected chi connectivity index (χ0v) is 15.1. The Hall–Kier alpha value is -0.570. The molecule has 0 spiro atoms. The molecule has 0 amide bonds. The van der Waals surface area contributed by atoms with Crippen LogP contribution in [0, 0.1) is 16.2 Å². The zero-order valence-electron chi connectivity index (χ0n) is 15.1. The van der Waals surface area contributed by atoms with Crippen molar-refractivity contribution in [3.63, 3.8) is 0 Å². The van der Waals surface area contributed by atoms with Crippen LogP contribution in [0.5, 0.6) is 0 Å². The van der Waals surface area contributed by atoms with Crippen molar-refractivity contribution in [3.8, 4) is 0 Å². The second kappa shape index (κ2) is 6.93. The molecular weight excluding hydrogens is 250 g/mol. The van der Waals surface area contributed by atoms with Gasteiger partial charge in [-0.15, -0.1) is 0 Å². The van der Waals surface area contributed by atoms with E-state index in [0.29, 0.717) is 6.61 Å². The Balaban J connectivity index is 4.76. The second-order valence-corrected chi connectivity index (χ2v) is 8.61. The first-order valence-electron chi connectivity index (χ1n) is 7.61. The Bertz CT molecular complexity index is 310. The van der Waals surface area contributed by atoms with Crippen LogP contribution in [0.4, 0.5) is 0 Å². The smallest absolute Gasteiger partial charge is 0.312 e. The topological polar surface area (TPSA) is 29.5 Å². The fourth-order valence-corrected chi connectivity index (χ4v) is 2.41. The lowest BCUT2D eigenvalue weighted by Gasteiger charge is -2.43. The fraction of sp³-hybridized carbons (Fsp3) is 0.941. The Kier molecular flexibility index (Phi) is 6.73. The molecule has 1 unspecified atom stereocenters. The molecule has 0 fully saturated rings. The van der Waals surface area contributed by atoms with Crippen LogP contribution in [0.15, 0.2) is 0 Å². The molecule has 0 saturated heterocycles. The molecule has 0 aliphatic heterocycles. The highest BCUT2D eigenvalue weighted by Crippen LogP contribution is 2.47. The van der Waals surface area contributed by atoms with Gasteiger partial charge in [-0.25, -0.2) is 0 Å². The van der Waals surface area contributed by atoms with Crippen molar-refractivity contribution < 1.29 is 9.53 Å². The van der Waals surface area contributed by atoms with Crippen molar-refractivity contribution in [1.29, 1.82) is 0 Å². The summed E-state index contributed by atoms with van der Waals surface area (Å²) >= 11 is 0. The van der Waals surface area contributed by atoms with Gasteiger partial charge in [-0.2, -0.15) is 0 Å². The summed E-state index contributed by atoms with van der Waals surface area (Å²) in [4.78, 5) is 14.7. The van der Waals surface area contributed by atoms with Crippen molar-refractivity contribution in [3.05, 3.63) is 0 Å². The third-order valence-electron chi connectivity index (χ3n) is 3.97. The zero-order chi connectivity index (χ0) is 16.2. The quantitative estimate of drug-likeness (QED) is 0.546. The van der Waals surface area contributed by atoms with Crippen LogP contribution in [0.1, 0.15) is 61.3 Å². The lowest BCUT2D eigenvalue weighted by molar-refractivity contribution is -0.165. The van der Waals surface area contributed by atoms with Gasteiger partial charge in [-0.1, -0.05) is 41.5 Å². The van der Waals surface area contributed by atoms with Gasteiger partial charge in [-0.3, -0.25) is 4.79 Å². The van der Waals surface area contributed by atoms with E-state index in [2.05, 4.69) is 46.4 Å². The SMILES string of the molecule is CN(C)CCCOC(=O)C(C)(CC(C)(C)C)C(C)(C)C. The van der Waals surface area contributed by atoms with Crippen molar-refractivity contribution >= 4 is 5.97 Å². The molecule has 0 aliphatic carbocycles. The number of esters is 1. The molecule has 0 bridgehead atoms. The molecule has 20 heavy (non-hydrogen) atoms. The summed E-state index contributed by atoms with van der Waals surface area (Å²) in [6.07, 6.45) is 1.71. The van der Waals surface area contributed by atoms with E-state index in [1.54, 1.807) is 0 Å². The molecule has 1 atom stereocenters. The number of carbonyl (C=O) groups excluding carboxylic acids is 1. The minimum Gasteiger partial charge on any atom is -0.465 e. The largest absolute Gasteiger partial charge is 0.465 e. The summed E-state index contributed by atoms with van der Waals surface area (Å²) in [7, 11) is 4.06. The van der Waals surface area contributed by atoms with Gasteiger partial charge in [0.2, 0.25) is 0 Å². The molecule has 0 radical (unpaired) electrons. The molecule has 0 heterocycles. The summed E-state index contributed by atoms with van der Waals surface area (Å²) in [6, 6.07) is 0. The maximum absolute atomic E-state index is 12.6. The fourth-order valence-electron chi connectivity index (χ4n) is 2.41. The molecular formula is C17H35NO2. The molecule has 0 aromatic rings. The average Bonchev–Trinajstić information content (AvgIpc) is 2.19. The van der Waals surface area contributed by atoms with E-state index in [1.807, 2.05) is 21.0 Å². The highest BCUT2D eigenvalue weighted by Gasteiger charge is 2.47. The third-order valence-corrected chi connectivity index (χ3v) is 3.97. The van der Waals surface area contributed by atoms with E-state index in [9.17, 15) is 4.79 Å². The molecule has 0 rings (SSSR count). The lowest BCUT2D eigenvalue weighted by atomic mass is 9.61. The van der Waals surface area contributed by atoms with Crippen molar-refractivity contribution in [2.45, 2.75) is 61.3 Å². The average molecular weight is 285 g/mol. The summed E-state index contributed by atoms with van der Waals surface area (Å²) < 4.78 is 5.56. The summed E-state index contributed by atoms with van der Waals surface area (Å²) in [5.41, 5.74) is -0.465. The van der Waals surface area contributed by atoms with Gasteiger partial charge < -0.3 is 9.64 Å². The number of hydrogen-bond acceptors (Lipinski definition) is 3. The van der Waals surface area contributed by atoms with Crippen molar-refractivity contribution in [1.82, 2.24) is 4.90 Å². The predicted molar refractivity (Wildman–Crippen MR) is 85.8 cm³/mol. The minimum atomic E-state index is -0.455. The van der Waals surface area contributed by atoms with Crippen LogP contribution in [-0.4, -0.2) is 38.1 Å². The number of ether oxygens (including phenoxy) is 1. The van der Waals surface area contributed by atoms with Gasteiger partial charge in [0.25, 0.3) is 0 Å². The standard InChI is InChI=1S/C17H35NO2/c1-15(2,3)13-17(7,16(4,5)6)14(19)20-12-10-11-18(8)9/h10-13H2,1-9H3. The lowest BCUT2D eigenvalue weighted by Crippen LogP contribution is -2.44. The first-order valence-corrected chi connectivity index (χ1v) is 7.61. The highest BCUT2D eigenvalue weighted by molar-refractivity contribution is 5.77. The van der Waals surface area contributed by atoms with Gasteiger partial charge in [0, 0.05) is 6.54 Å². The molecule has 0 aliphatic rings. The van der Waals surface area contributed by atoms with E-state index in [1.165, 1.54) is 0 Å². The summed E-state index contributed by atoms with van der Waals surface area (Å²) in [5, 5.41) is 0. The van der Waals surface area contributed by atoms with Crippen LogP contribution in [0.25, 0.3) is 0 Å². The Morgan fingerprint density at radius 2 is 1.50 bits per heavy atom. The van der Waals surface area contributed by atoms with Gasteiger partial charge in [0.1, 0.15) is 0 Å². The number of rotatable bonds is 6. The molecule has 3 heteroatoms. The Morgan fingerprint density at radius 1 is 1.00 bits per heavy atom. The van der Waals surface area contributed by atoms with Crippen molar-refractivity contribution in [2.75, 3.05) is 27.2 Å². The summed E-state index contributed by atoms with van der Waals surface area (Å²) in [5.74, 6) is -0.0568. The first kappa shape index (κ1) is 19.4. The van der Waals surface area contributed by atoms with Gasteiger partial charge >= 0.3 is 5.97 Å². The maximum atomic E-state index is 12.6. The molecule has 0 saturated carbocycles. The van der Waals surface area contributed by atoms with E-state index in [4.69, 9.17) is 4.74 Å². The molecule has 0 aromatic heterocycles. The number of carbonyl (C=O) groups is 1. The molecule has 0 N–H and O–H groups in total. The third kappa shape index (κ3) is 6.25. The van der Waals surface area contributed by atoms with E-state index >= 15 is 0 Å². The van der Waals surface area contributed by atoms with Gasteiger partial charge in [-0.05, 0) is 44.7 Å². The monoisotopic (exact) mass is 285 g/mol. The van der Waals surface area contributed by atoms with Crippen LogP contribution in [0.2, 0.25) is 0 Å². The number of nitrogens with zero attached hydrogens (tertiary/aromatic N) is 1. The maximum Gasteiger partial charge on any atom is 0.312 e. The van der Waals surface area contributed by atoms with Gasteiger partial charge in [0.15, 0.2) is 0 Å². The van der Waals surface area contributed by atoms with Crippen LogP contribution < -0.4 is 0 Å². The number of hydrogen-bond donors (Lipinski definition) is 0. The second-order valence-electron chi connectivity index (χ2n) is 8.61. The normalized spacial score (nSPS) is 16.1. The highest BCUT2D eigenvalue weighted by atomic mass is 16.5. The van der Waals surface area contributed by atoms with Crippen LogP contribution >= 0.6 is 0 Å². The molecule has 120 valence electrons. The molecule has 0 aromatic carbocycles. The Morgan fingerprint density at radius 3 is 1.85 bits per heavy atom. The Labute approximate surface area is 126 Å². The predicted octanol–water partition coefficient (Wildman–Crippen LogP) is 3.97. The van der Waals surface area contributed by atoms with E-state index in [0.717, 1.165) is 19.4 Å². The molecule has 3 nitrogen and oxygen atoms in total. The van der Waals surface area contributed by atoms with Gasteiger partial charge in [0.05, 0.1) is 12.0 Å². The van der Waals surface area contributed by atoms with E-state index in [-0.39, 0.29) is 16.8 Å². The van der Waals surface area contributed by atoms with E-state index < -0.39 is 5.41 Å². The van der Waals surface area contributed by atoms with Crippen LogP contribution in [-0.2, 0) is 9.53 Å². The summed E-state index contributed by atoms with van der Waals surface area (Å²) in [6.45, 7) is 16.4. The first-order chi connectivity index (χ1) is 8.79. The van der Waals surface area contributed by atoms with Crippen molar-refractivity contribution in [2.24, 2.45) is 16.2 Å².